The highest BCUT2D eigenvalue weighted by Crippen LogP contribution is 2.35. The second kappa shape index (κ2) is 9.75. The van der Waals surface area contributed by atoms with Crippen LogP contribution >= 0.6 is 0 Å². The molecule has 2 saturated heterocycles. The summed E-state index contributed by atoms with van der Waals surface area (Å²) in [6.45, 7) is 9.94. The Kier molecular flexibility index (Phi) is 7.33. The zero-order valence-electron chi connectivity index (χ0n) is 18.2. The number of benzene rings is 1. The smallest absolute Gasteiger partial charge is 0.227 e. The summed E-state index contributed by atoms with van der Waals surface area (Å²) >= 11 is 0. The lowest BCUT2D eigenvalue weighted by atomic mass is 9.80. The number of nitrogens with zero attached hydrogens (tertiary/aromatic N) is 2. The van der Waals surface area contributed by atoms with Gasteiger partial charge < -0.3 is 15.5 Å². The maximum absolute atomic E-state index is 13.5. The van der Waals surface area contributed by atoms with Crippen molar-refractivity contribution in [2.45, 2.75) is 52.5 Å². The third-order valence-electron chi connectivity index (χ3n) is 7.03. The Morgan fingerprint density at radius 1 is 1.14 bits per heavy atom. The molecule has 29 heavy (non-hydrogen) atoms. The summed E-state index contributed by atoms with van der Waals surface area (Å²) in [6.07, 6.45) is 3.90. The minimum Gasteiger partial charge on any atom is -0.369 e. The Hall–Kier alpha value is -1.88. The molecule has 2 heterocycles. The number of hydrogen-bond donors (Lipinski definition) is 1. The van der Waals surface area contributed by atoms with Crippen LogP contribution in [0.2, 0.25) is 0 Å². The Bertz CT molecular complexity index is 691. The number of nitrogens with two attached hydrogens (primary N) is 1. The van der Waals surface area contributed by atoms with Crippen molar-refractivity contribution in [2.75, 3.05) is 26.2 Å². The van der Waals surface area contributed by atoms with Gasteiger partial charge in [0.2, 0.25) is 11.8 Å². The van der Waals surface area contributed by atoms with E-state index in [2.05, 4.69) is 40.1 Å². The number of carbonyl (C=O) groups is 2. The minimum absolute atomic E-state index is 0.108. The van der Waals surface area contributed by atoms with Crippen molar-refractivity contribution < 1.29 is 9.59 Å². The molecular weight excluding hydrogens is 362 g/mol. The van der Waals surface area contributed by atoms with Crippen molar-refractivity contribution in [3.63, 3.8) is 0 Å². The highest BCUT2D eigenvalue weighted by atomic mass is 16.2. The van der Waals surface area contributed by atoms with E-state index in [1.165, 1.54) is 5.56 Å². The van der Waals surface area contributed by atoms with Crippen molar-refractivity contribution in [2.24, 2.45) is 29.4 Å². The molecule has 0 radical (unpaired) electrons. The monoisotopic (exact) mass is 399 g/mol. The molecule has 5 heteroatoms. The highest BCUT2D eigenvalue weighted by Gasteiger charge is 2.44. The lowest BCUT2D eigenvalue weighted by Crippen LogP contribution is -2.53. The zero-order chi connectivity index (χ0) is 21.0. The molecule has 2 unspecified atom stereocenters. The molecule has 2 N–H and O–H groups in total. The van der Waals surface area contributed by atoms with E-state index in [0.29, 0.717) is 12.3 Å². The number of piperidine rings is 1. The van der Waals surface area contributed by atoms with Crippen LogP contribution < -0.4 is 5.73 Å². The van der Waals surface area contributed by atoms with Gasteiger partial charge in [-0.15, -0.1) is 0 Å². The maximum atomic E-state index is 13.5. The van der Waals surface area contributed by atoms with Gasteiger partial charge in [-0.2, -0.15) is 0 Å². The lowest BCUT2D eigenvalue weighted by Gasteiger charge is -2.40. The van der Waals surface area contributed by atoms with Gasteiger partial charge in [0, 0.05) is 31.6 Å². The number of hydrogen-bond acceptors (Lipinski definition) is 3. The van der Waals surface area contributed by atoms with Gasteiger partial charge >= 0.3 is 0 Å². The quantitative estimate of drug-likeness (QED) is 0.731. The Morgan fingerprint density at radius 3 is 2.45 bits per heavy atom. The molecule has 0 aromatic heterocycles. The number of rotatable bonds is 8. The molecule has 2 amide bonds. The van der Waals surface area contributed by atoms with E-state index in [9.17, 15) is 9.59 Å². The second-order valence-electron chi connectivity index (χ2n) is 9.16. The summed E-state index contributed by atoms with van der Waals surface area (Å²) in [5, 5.41) is 0. The molecule has 3 rings (SSSR count). The van der Waals surface area contributed by atoms with Crippen LogP contribution in [0.15, 0.2) is 30.3 Å². The fourth-order valence-corrected chi connectivity index (χ4v) is 5.36. The molecule has 2 aliphatic heterocycles. The second-order valence-corrected chi connectivity index (χ2v) is 9.16. The van der Waals surface area contributed by atoms with E-state index >= 15 is 0 Å². The third-order valence-corrected chi connectivity index (χ3v) is 7.03. The van der Waals surface area contributed by atoms with Gasteiger partial charge in [-0.25, -0.2) is 0 Å². The Morgan fingerprint density at radius 2 is 1.83 bits per heavy atom. The summed E-state index contributed by atoms with van der Waals surface area (Å²) in [7, 11) is 0. The average Bonchev–Trinajstić information content (AvgIpc) is 3.13. The van der Waals surface area contributed by atoms with Gasteiger partial charge in [0.15, 0.2) is 0 Å². The molecule has 2 fully saturated rings. The molecule has 1 aromatic rings. The summed E-state index contributed by atoms with van der Waals surface area (Å²) in [5.74, 6) is -0.188. The number of amides is 2. The van der Waals surface area contributed by atoms with Crippen molar-refractivity contribution >= 4 is 11.8 Å². The van der Waals surface area contributed by atoms with Crippen molar-refractivity contribution in [3.8, 4) is 0 Å². The number of fused-ring (bicyclic) bond motifs is 1. The van der Waals surface area contributed by atoms with Crippen LogP contribution in [0.3, 0.4) is 0 Å². The molecule has 0 saturated carbocycles. The predicted octanol–water partition coefficient (Wildman–Crippen LogP) is 2.94. The zero-order valence-corrected chi connectivity index (χ0v) is 18.2. The highest BCUT2D eigenvalue weighted by molar-refractivity contribution is 5.87. The first-order valence-electron chi connectivity index (χ1n) is 11.3. The van der Waals surface area contributed by atoms with Gasteiger partial charge in [0.1, 0.15) is 0 Å². The van der Waals surface area contributed by atoms with Crippen LogP contribution in [0, 0.1) is 23.7 Å². The lowest BCUT2D eigenvalue weighted by molar-refractivity contribution is -0.145. The molecule has 0 spiro atoms. The Labute approximate surface area is 175 Å². The van der Waals surface area contributed by atoms with Crippen LogP contribution in [0.25, 0.3) is 0 Å². The molecule has 2 aliphatic rings. The fraction of sp³-hybridized carbons (Fsp3) is 0.667. The first-order chi connectivity index (χ1) is 13.9. The molecule has 1 aromatic carbocycles. The van der Waals surface area contributed by atoms with Gasteiger partial charge in [-0.05, 0) is 49.6 Å². The van der Waals surface area contributed by atoms with Gasteiger partial charge in [0.25, 0.3) is 0 Å². The van der Waals surface area contributed by atoms with Gasteiger partial charge in [0.05, 0.1) is 5.92 Å². The molecule has 4 atom stereocenters. The first kappa shape index (κ1) is 21.8. The third kappa shape index (κ3) is 5.00. The van der Waals surface area contributed by atoms with Crippen molar-refractivity contribution in [1.82, 2.24) is 9.80 Å². The topological polar surface area (TPSA) is 66.6 Å². The van der Waals surface area contributed by atoms with Crippen LogP contribution in [0.1, 0.15) is 45.6 Å². The van der Waals surface area contributed by atoms with Crippen LogP contribution in [-0.4, -0.2) is 53.8 Å². The average molecular weight is 400 g/mol. The summed E-state index contributed by atoms with van der Waals surface area (Å²) < 4.78 is 0. The minimum atomic E-state index is -0.376. The summed E-state index contributed by atoms with van der Waals surface area (Å²) in [5.41, 5.74) is 7.02. The number of primary amides is 1. The molecule has 0 bridgehead atoms. The van der Waals surface area contributed by atoms with E-state index in [-0.39, 0.29) is 35.6 Å². The summed E-state index contributed by atoms with van der Waals surface area (Å²) in [6, 6.07) is 10.9. The molecule has 160 valence electrons. The van der Waals surface area contributed by atoms with Gasteiger partial charge in [-0.3, -0.25) is 9.59 Å². The largest absolute Gasteiger partial charge is 0.369 e. The van der Waals surface area contributed by atoms with Gasteiger partial charge in [-0.1, -0.05) is 51.1 Å². The standard InChI is InChI=1S/C24H37N3O2/c1-4-20(23(25)28)22(17(2)3)24(29)27-15-12-19-11-14-26(16-21(19)27)13-10-18-8-6-5-7-9-18/h5-9,17,19-22H,4,10-16H2,1-3H3,(H2,25,28)/t19-,20?,21?,22+/m1/s1. The van der Waals surface area contributed by atoms with E-state index in [1.807, 2.05) is 20.8 Å². The van der Waals surface area contributed by atoms with E-state index < -0.39 is 0 Å². The molecular formula is C24H37N3O2. The normalized spacial score (nSPS) is 24.3. The van der Waals surface area contributed by atoms with E-state index in [4.69, 9.17) is 5.73 Å². The molecule has 5 nitrogen and oxygen atoms in total. The first-order valence-corrected chi connectivity index (χ1v) is 11.3. The fourth-order valence-electron chi connectivity index (χ4n) is 5.36. The van der Waals surface area contributed by atoms with Crippen molar-refractivity contribution in [1.29, 1.82) is 0 Å². The van der Waals surface area contributed by atoms with E-state index in [1.54, 1.807) is 0 Å². The summed E-state index contributed by atoms with van der Waals surface area (Å²) in [4.78, 5) is 30.1. The predicted molar refractivity (Wildman–Crippen MR) is 116 cm³/mol. The van der Waals surface area contributed by atoms with Crippen molar-refractivity contribution in [3.05, 3.63) is 35.9 Å². The van der Waals surface area contributed by atoms with E-state index in [0.717, 1.165) is 45.4 Å². The Balaban J connectivity index is 1.67. The SMILES string of the molecule is CCC(C(N)=O)[C@@H](C(=O)N1CC[C@H]2CCN(CCc3ccccc3)CC21)C(C)C. The van der Waals surface area contributed by atoms with Crippen LogP contribution in [0.5, 0.6) is 0 Å². The van der Waals surface area contributed by atoms with Crippen LogP contribution in [0.4, 0.5) is 0 Å². The van der Waals surface area contributed by atoms with Crippen LogP contribution in [-0.2, 0) is 16.0 Å². The maximum Gasteiger partial charge on any atom is 0.227 e. The number of likely N-dealkylation sites (tertiary alicyclic amines) is 2. The molecule has 0 aliphatic carbocycles. The number of carbonyl (C=O) groups excluding carboxylic acids is 2.